The van der Waals surface area contributed by atoms with E-state index < -0.39 is 28.8 Å². The average Bonchev–Trinajstić information content (AvgIpc) is 3.58. The molecule has 2 aliphatic heterocycles. The van der Waals surface area contributed by atoms with Gasteiger partial charge in [0.1, 0.15) is 17.6 Å². The van der Waals surface area contributed by atoms with Crippen molar-refractivity contribution in [2.24, 2.45) is 5.92 Å². The van der Waals surface area contributed by atoms with Crippen molar-refractivity contribution in [2.75, 3.05) is 10.2 Å². The molecule has 3 atom stereocenters. The summed E-state index contributed by atoms with van der Waals surface area (Å²) in [4.78, 5) is 55.7. The molecule has 2 unspecified atom stereocenters. The van der Waals surface area contributed by atoms with Gasteiger partial charge in [-0.2, -0.15) is 0 Å². The number of halogens is 1. The third-order valence-corrected chi connectivity index (χ3v) is 10.1. The van der Waals surface area contributed by atoms with E-state index in [2.05, 4.69) is 5.32 Å². The van der Waals surface area contributed by atoms with Crippen molar-refractivity contribution in [3.05, 3.63) is 96.8 Å². The molecule has 1 N–H and O–H groups in total. The highest BCUT2D eigenvalue weighted by atomic mass is 32.2. The van der Waals surface area contributed by atoms with Gasteiger partial charge in [0.25, 0.3) is 0 Å². The molecule has 38 heavy (non-hydrogen) atoms. The number of benzene rings is 2. The van der Waals surface area contributed by atoms with Crippen molar-refractivity contribution in [1.82, 2.24) is 4.57 Å². The molecule has 0 bridgehead atoms. The van der Waals surface area contributed by atoms with Gasteiger partial charge in [0.2, 0.25) is 17.7 Å². The van der Waals surface area contributed by atoms with Crippen LogP contribution in [0.2, 0.25) is 0 Å². The Morgan fingerprint density at radius 1 is 1.03 bits per heavy atom. The summed E-state index contributed by atoms with van der Waals surface area (Å²) >= 11 is 3.61. The van der Waals surface area contributed by atoms with E-state index >= 15 is 0 Å². The van der Waals surface area contributed by atoms with Gasteiger partial charge in [0.05, 0.1) is 16.6 Å². The van der Waals surface area contributed by atoms with Gasteiger partial charge < -0.3 is 5.32 Å². The number of imide groups is 1. The van der Waals surface area contributed by atoms with E-state index in [-0.39, 0.29) is 23.2 Å². The number of amides is 3. The lowest BCUT2D eigenvalue weighted by atomic mass is 9.87. The van der Waals surface area contributed by atoms with Crippen LogP contribution < -0.4 is 15.1 Å². The molecular formula is C27H20FN3O4S3. The van der Waals surface area contributed by atoms with Crippen LogP contribution in [0.4, 0.5) is 15.8 Å². The molecule has 1 saturated heterocycles. The summed E-state index contributed by atoms with van der Waals surface area (Å²) in [6.45, 7) is 1.70. The summed E-state index contributed by atoms with van der Waals surface area (Å²) in [5.41, 5.74) is 1.92. The van der Waals surface area contributed by atoms with Crippen LogP contribution in [0, 0.1) is 18.7 Å². The van der Waals surface area contributed by atoms with Crippen LogP contribution in [0.1, 0.15) is 21.2 Å². The van der Waals surface area contributed by atoms with Gasteiger partial charge in [-0.05, 0) is 60.3 Å². The largest absolute Gasteiger partial charge is 0.325 e. The number of aryl methyl sites for hydroxylation is 1. The average molecular weight is 566 g/mol. The Morgan fingerprint density at radius 2 is 1.82 bits per heavy atom. The quantitative estimate of drug-likeness (QED) is 0.350. The standard InChI is InChI=1S/C27H20FN3O4S3/c1-14-4-2-5-16(12-14)29-19(32)13-30-26-23(38-27(30)35)20(18-6-3-11-36-18)21-22(37-26)25(34)31(24(21)33)17-9-7-15(28)8-10-17/h2-12,20-22H,13H2,1H3,(H,29,32)/t20-,21?,22?/m1/s1. The lowest BCUT2D eigenvalue weighted by molar-refractivity contribution is -0.122. The molecule has 2 aromatic carbocycles. The Bertz CT molecular complexity index is 1630. The topological polar surface area (TPSA) is 88.5 Å². The van der Waals surface area contributed by atoms with Crippen molar-refractivity contribution in [3.63, 3.8) is 0 Å². The number of rotatable bonds is 5. The van der Waals surface area contributed by atoms with E-state index in [0.29, 0.717) is 21.3 Å². The van der Waals surface area contributed by atoms with Crippen LogP contribution in [0.3, 0.4) is 0 Å². The van der Waals surface area contributed by atoms with E-state index in [1.807, 2.05) is 42.6 Å². The second-order valence-electron chi connectivity index (χ2n) is 9.09. The van der Waals surface area contributed by atoms with Crippen molar-refractivity contribution in [2.45, 2.75) is 29.7 Å². The predicted octanol–water partition coefficient (Wildman–Crippen LogP) is 4.85. The van der Waals surface area contributed by atoms with Gasteiger partial charge in [-0.15, -0.1) is 11.3 Å². The van der Waals surface area contributed by atoms with E-state index in [0.717, 1.165) is 38.4 Å². The van der Waals surface area contributed by atoms with E-state index in [1.54, 1.807) is 6.07 Å². The molecule has 0 radical (unpaired) electrons. The fourth-order valence-electron chi connectivity index (χ4n) is 4.94. The minimum absolute atomic E-state index is 0.218. The van der Waals surface area contributed by atoms with Crippen LogP contribution in [-0.2, 0) is 20.9 Å². The number of aromatic nitrogens is 1. The molecule has 4 aromatic rings. The first-order chi connectivity index (χ1) is 18.3. The van der Waals surface area contributed by atoms with Crippen molar-refractivity contribution in [3.8, 4) is 0 Å². The summed E-state index contributed by atoms with van der Waals surface area (Å²) in [5, 5.41) is 4.46. The summed E-state index contributed by atoms with van der Waals surface area (Å²) < 4.78 is 14.9. The van der Waals surface area contributed by atoms with Crippen molar-refractivity contribution < 1.29 is 18.8 Å². The Kier molecular flexibility index (Phi) is 6.29. The first-order valence-electron chi connectivity index (χ1n) is 11.8. The third-order valence-electron chi connectivity index (χ3n) is 6.59. The first-order valence-corrected chi connectivity index (χ1v) is 14.3. The van der Waals surface area contributed by atoms with E-state index in [1.165, 1.54) is 40.2 Å². The van der Waals surface area contributed by atoms with E-state index in [9.17, 15) is 23.6 Å². The van der Waals surface area contributed by atoms with Gasteiger partial charge >= 0.3 is 4.87 Å². The van der Waals surface area contributed by atoms with Crippen LogP contribution in [-0.4, -0.2) is 27.5 Å². The number of carbonyl (C=O) groups excluding carboxylic acids is 3. The Morgan fingerprint density at radius 3 is 2.53 bits per heavy atom. The molecule has 2 aromatic heterocycles. The van der Waals surface area contributed by atoms with Gasteiger partial charge in [-0.25, -0.2) is 9.29 Å². The predicted molar refractivity (Wildman–Crippen MR) is 147 cm³/mol. The maximum atomic E-state index is 13.7. The smallest absolute Gasteiger partial charge is 0.308 e. The number of hydrogen-bond acceptors (Lipinski definition) is 7. The molecular weight excluding hydrogens is 546 g/mol. The number of nitrogens with one attached hydrogen (secondary N) is 1. The highest BCUT2D eigenvalue weighted by Crippen LogP contribution is 2.54. The summed E-state index contributed by atoms with van der Waals surface area (Å²) in [6.07, 6.45) is 0. The number of thiazole rings is 1. The van der Waals surface area contributed by atoms with Gasteiger partial charge in [0, 0.05) is 21.4 Å². The van der Waals surface area contributed by atoms with Crippen LogP contribution >= 0.6 is 34.4 Å². The van der Waals surface area contributed by atoms with Crippen LogP contribution in [0.25, 0.3) is 0 Å². The number of fused-ring (bicyclic) bond motifs is 2. The highest BCUT2D eigenvalue weighted by molar-refractivity contribution is 8.00. The molecule has 0 spiro atoms. The number of thioether (sulfide) groups is 1. The normalized spacial score (nSPS) is 20.4. The molecule has 6 rings (SSSR count). The lowest BCUT2D eigenvalue weighted by Crippen LogP contribution is -2.32. The van der Waals surface area contributed by atoms with Crippen molar-refractivity contribution in [1.29, 1.82) is 0 Å². The maximum Gasteiger partial charge on any atom is 0.308 e. The Labute approximate surface area is 228 Å². The Hall–Kier alpha value is -3.54. The second kappa shape index (κ2) is 9.64. The zero-order chi connectivity index (χ0) is 26.6. The number of carbonyl (C=O) groups is 3. The summed E-state index contributed by atoms with van der Waals surface area (Å²) in [7, 11) is 0. The molecule has 11 heteroatoms. The monoisotopic (exact) mass is 565 g/mol. The minimum atomic E-state index is -0.785. The SMILES string of the molecule is Cc1cccc(NC(=O)Cn2c3c(sc2=O)[C@H](c2cccs2)C2C(=O)N(c4ccc(F)cc4)C(=O)C2S3)c1. The fraction of sp³-hybridized carbons (Fsp3) is 0.185. The molecule has 0 aliphatic carbocycles. The molecule has 3 amide bonds. The van der Waals surface area contributed by atoms with Crippen LogP contribution in [0.5, 0.6) is 0 Å². The molecule has 0 saturated carbocycles. The molecule has 4 heterocycles. The number of nitrogens with zero attached hydrogens (tertiary/aromatic N) is 2. The zero-order valence-corrected chi connectivity index (χ0v) is 22.4. The zero-order valence-electron chi connectivity index (χ0n) is 19.9. The Balaban J connectivity index is 1.38. The summed E-state index contributed by atoms with van der Waals surface area (Å²) in [5.74, 6) is -2.86. The lowest BCUT2D eigenvalue weighted by Gasteiger charge is -2.29. The number of thiophene rings is 1. The molecule has 1 fully saturated rings. The highest BCUT2D eigenvalue weighted by Gasteiger charge is 2.57. The van der Waals surface area contributed by atoms with Crippen LogP contribution in [0.15, 0.2) is 75.9 Å². The number of hydrogen-bond donors (Lipinski definition) is 1. The molecule has 2 aliphatic rings. The third kappa shape index (κ3) is 4.20. The maximum absolute atomic E-state index is 13.7. The summed E-state index contributed by atoms with van der Waals surface area (Å²) in [6, 6.07) is 16.4. The number of anilines is 2. The van der Waals surface area contributed by atoms with Crippen molar-refractivity contribution >= 4 is 63.5 Å². The second-order valence-corrected chi connectivity index (χ2v) is 12.2. The fourth-order valence-corrected chi connectivity index (χ4v) is 8.66. The molecule has 7 nitrogen and oxygen atoms in total. The first kappa shape index (κ1) is 24.8. The molecule has 192 valence electrons. The van der Waals surface area contributed by atoms with Gasteiger partial charge in [0.15, 0.2) is 0 Å². The van der Waals surface area contributed by atoms with Gasteiger partial charge in [-0.3, -0.25) is 23.7 Å². The van der Waals surface area contributed by atoms with E-state index in [4.69, 9.17) is 0 Å². The minimum Gasteiger partial charge on any atom is -0.325 e. The van der Waals surface area contributed by atoms with Gasteiger partial charge in [-0.1, -0.05) is 41.3 Å².